The molecule has 0 saturated carbocycles. The molecule has 0 amide bonds. The van der Waals surface area contributed by atoms with Crippen LogP contribution in [0.3, 0.4) is 0 Å². The van der Waals surface area contributed by atoms with E-state index in [2.05, 4.69) is 101 Å². The van der Waals surface area contributed by atoms with Crippen molar-refractivity contribution in [3.63, 3.8) is 0 Å². The van der Waals surface area contributed by atoms with E-state index in [1.54, 1.807) is 0 Å². The molecule has 25 heavy (non-hydrogen) atoms. The third-order valence-corrected chi connectivity index (χ3v) is 4.99. The highest BCUT2D eigenvalue weighted by atomic mass is 15.3. The van der Waals surface area contributed by atoms with E-state index in [-0.39, 0.29) is 0 Å². The van der Waals surface area contributed by atoms with E-state index in [4.69, 9.17) is 0 Å². The average molecular weight is 328 g/mol. The third-order valence-electron chi connectivity index (χ3n) is 4.99. The maximum atomic E-state index is 2.58. The molecule has 126 valence electrons. The minimum atomic E-state index is 0.390. The molecule has 1 atom stereocenters. The van der Waals surface area contributed by atoms with Crippen LogP contribution in [0.25, 0.3) is 0 Å². The van der Waals surface area contributed by atoms with Crippen LogP contribution in [0.1, 0.15) is 17.2 Å². The summed E-state index contributed by atoms with van der Waals surface area (Å²) in [7, 11) is 0. The lowest BCUT2D eigenvalue weighted by Crippen LogP contribution is -2.48. The Kier molecular flexibility index (Phi) is 4.80. The smallest absolute Gasteiger partial charge is 0.0670 e. The lowest BCUT2D eigenvalue weighted by molar-refractivity contribution is 0.215. The van der Waals surface area contributed by atoms with Gasteiger partial charge in [-0.05, 0) is 23.3 Å². The Morgan fingerprint density at radius 2 is 1.28 bits per heavy atom. The normalized spacial score (nSPS) is 18.2. The van der Waals surface area contributed by atoms with Crippen molar-refractivity contribution in [1.29, 1.82) is 0 Å². The summed E-state index contributed by atoms with van der Waals surface area (Å²) < 4.78 is 0. The number of nitrogens with zero attached hydrogens (tertiary/aromatic N) is 2. The van der Waals surface area contributed by atoms with Crippen LogP contribution in [0.15, 0.2) is 91.0 Å². The minimum Gasteiger partial charge on any atom is -0.362 e. The first-order valence-electron chi connectivity index (χ1n) is 9.03. The molecule has 0 bridgehead atoms. The van der Waals surface area contributed by atoms with Crippen LogP contribution < -0.4 is 4.90 Å². The van der Waals surface area contributed by atoms with Crippen molar-refractivity contribution in [3.8, 4) is 0 Å². The summed E-state index contributed by atoms with van der Waals surface area (Å²) in [6, 6.07) is 32.9. The standard InChI is InChI=1S/C23H24N2/c1-4-10-20(11-5-1)18-24-16-17-25(22-14-8-3-9-15-22)23(19-24)21-12-6-2-7-13-21/h1-15,23H,16-19H2/t23-/m0/s1. The largest absolute Gasteiger partial charge is 0.362 e. The Morgan fingerprint density at radius 1 is 0.680 bits per heavy atom. The zero-order valence-corrected chi connectivity index (χ0v) is 14.5. The van der Waals surface area contributed by atoms with Gasteiger partial charge in [-0.3, -0.25) is 4.90 Å². The van der Waals surface area contributed by atoms with E-state index >= 15 is 0 Å². The van der Waals surface area contributed by atoms with Crippen molar-refractivity contribution in [2.24, 2.45) is 0 Å². The lowest BCUT2D eigenvalue weighted by atomic mass is 10.0. The quantitative estimate of drug-likeness (QED) is 0.682. The fourth-order valence-electron chi connectivity index (χ4n) is 3.71. The van der Waals surface area contributed by atoms with Gasteiger partial charge in [0.15, 0.2) is 0 Å². The Balaban J connectivity index is 1.58. The van der Waals surface area contributed by atoms with Gasteiger partial charge < -0.3 is 4.90 Å². The van der Waals surface area contributed by atoms with Crippen molar-refractivity contribution >= 4 is 5.69 Å². The van der Waals surface area contributed by atoms with Gasteiger partial charge in [0.25, 0.3) is 0 Å². The highest BCUT2D eigenvalue weighted by Crippen LogP contribution is 2.31. The second-order valence-corrected chi connectivity index (χ2v) is 6.68. The topological polar surface area (TPSA) is 6.48 Å². The van der Waals surface area contributed by atoms with E-state index in [0.29, 0.717) is 6.04 Å². The van der Waals surface area contributed by atoms with Gasteiger partial charge in [0.1, 0.15) is 0 Å². The molecule has 1 saturated heterocycles. The fourth-order valence-corrected chi connectivity index (χ4v) is 3.71. The van der Waals surface area contributed by atoms with Crippen LogP contribution in [0, 0.1) is 0 Å². The van der Waals surface area contributed by atoms with Gasteiger partial charge in [0.2, 0.25) is 0 Å². The molecule has 1 fully saturated rings. The molecule has 1 aliphatic heterocycles. The summed E-state index contributed by atoms with van der Waals surface area (Å²) in [6.07, 6.45) is 0. The van der Waals surface area contributed by atoms with Crippen molar-refractivity contribution in [2.45, 2.75) is 12.6 Å². The number of para-hydroxylation sites is 1. The van der Waals surface area contributed by atoms with Crippen molar-refractivity contribution in [1.82, 2.24) is 4.90 Å². The van der Waals surface area contributed by atoms with Gasteiger partial charge in [0, 0.05) is 31.9 Å². The van der Waals surface area contributed by atoms with Crippen molar-refractivity contribution < 1.29 is 0 Å². The molecule has 0 radical (unpaired) electrons. The van der Waals surface area contributed by atoms with Gasteiger partial charge in [-0.15, -0.1) is 0 Å². The molecule has 1 heterocycles. The molecule has 4 rings (SSSR count). The molecule has 0 aromatic heterocycles. The molecule has 2 heteroatoms. The van der Waals surface area contributed by atoms with Crippen LogP contribution in [0.5, 0.6) is 0 Å². The molecular weight excluding hydrogens is 304 g/mol. The lowest BCUT2D eigenvalue weighted by Gasteiger charge is -2.43. The molecule has 1 aliphatic rings. The molecule has 0 unspecified atom stereocenters. The minimum absolute atomic E-state index is 0.390. The summed E-state index contributed by atoms with van der Waals surface area (Å²) in [5, 5.41) is 0. The van der Waals surface area contributed by atoms with E-state index in [0.717, 1.165) is 26.2 Å². The molecular formula is C23H24N2. The molecule has 0 N–H and O–H groups in total. The van der Waals surface area contributed by atoms with Gasteiger partial charge in [0.05, 0.1) is 6.04 Å². The number of hydrogen-bond donors (Lipinski definition) is 0. The predicted octanol–water partition coefficient (Wildman–Crippen LogP) is 4.75. The van der Waals surface area contributed by atoms with Gasteiger partial charge in [-0.1, -0.05) is 78.9 Å². The first kappa shape index (κ1) is 15.9. The summed E-state index contributed by atoms with van der Waals surface area (Å²) >= 11 is 0. The van der Waals surface area contributed by atoms with Gasteiger partial charge >= 0.3 is 0 Å². The second-order valence-electron chi connectivity index (χ2n) is 6.68. The Morgan fingerprint density at radius 3 is 1.96 bits per heavy atom. The van der Waals surface area contributed by atoms with E-state index in [9.17, 15) is 0 Å². The molecule has 3 aromatic carbocycles. The predicted molar refractivity (Wildman–Crippen MR) is 105 cm³/mol. The number of benzene rings is 3. The Labute approximate surface area is 150 Å². The third kappa shape index (κ3) is 3.75. The van der Waals surface area contributed by atoms with E-state index in [1.165, 1.54) is 16.8 Å². The van der Waals surface area contributed by atoms with Crippen molar-refractivity contribution in [3.05, 3.63) is 102 Å². The SMILES string of the molecule is c1ccc(CN2CCN(c3ccccc3)[C@H](c3ccccc3)C2)cc1. The summed E-state index contributed by atoms with van der Waals surface area (Å²) in [6.45, 7) is 4.21. The number of rotatable bonds is 4. The first-order valence-corrected chi connectivity index (χ1v) is 9.03. The highest BCUT2D eigenvalue weighted by Gasteiger charge is 2.28. The molecule has 0 aliphatic carbocycles. The Hall–Kier alpha value is -2.58. The fraction of sp³-hybridized carbons (Fsp3) is 0.217. The monoisotopic (exact) mass is 328 g/mol. The number of anilines is 1. The van der Waals surface area contributed by atoms with Crippen LogP contribution in [0.4, 0.5) is 5.69 Å². The maximum Gasteiger partial charge on any atom is 0.0670 e. The van der Waals surface area contributed by atoms with E-state index < -0.39 is 0 Å². The van der Waals surface area contributed by atoms with Gasteiger partial charge in [-0.2, -0.15) is 0 Å². The van der Waals surface area contributed by atoms with Crippen LogP contribution in [-0.2, 0) is 6.54 Å². The summed E-state index contributed by atoms with van der Waals surface area (Å²) in [5.74, 6) is 0. The second kappa shape index (κ2) is 7.54. The average Bonchev–Trinajstić information content (AvgIpc) is 2.70. The van der Waals surface area contributed by atoms with Crippen LogP contribution >= 0.6 is 0 Å². The maximum absolute atomic E-state index is 2.58. The molecule has 2 nitrogen and oxygen atoms in total. The zero-order chi connectivity index (χ0) is 16.9. The van der Waals surface area contributed by atoms with Crippen LogP contribution in [-0.4, -0.2) is 24.5 Å². The van der Waals surface area contributed by atoms with Gasteiger partial charge in [-0.25, -0.2) is 0 Å². The number of piperazine rings is 1. The van der Waals surface area contributed by atoms with E-state index in [1.807, 2.05) is 0 Å². The Bertz CT molecular complexity index is 771. The first-order chi connectivity index (χ1) is 12.4. The summed E-state index contributed by atoms with van der Waals surface area (Å²) in [4.78, 5) is 5.13. The van der Waals surface area contributed by atoms with Crippen LogP contribution in [0.2, 0.25) is 0 Å². The zero-order valence-electron chi connectivity index (χ0n) is 14.5. The number of hydrogen-bond acceptors (Lipinski definition) is 2. The summed E-state index contributed by atoms with van der Waals surface area (Å²) in [5.41, 5.74) is 4.10. The molecule has 3 aromatic rings. The highest BCUT2D eigenvalue weighted by molar-refractivity contribution is 5.49. The molecule has 0 spiro atoms. The van der Waals surface area contributed by atoms with Crippen molar-refractivity contribution in [2.75, 3.05) is 24.5 Å².